The Hall–Kier alpha value is -3.29. The Morgan fingerprint density at radius 1 is 1.19 bits per heavy atom. The first-order chi connectivity index (χ1) is 17.6. The van der Waals surface area contributed by atoms with Crippen molar-refractivity contribution < 1.29 is 23.1 Å². The van der Waals surface area contributed by atoms with Crippen LogP contribution in [0.3, 0.4) is 0 Å². The van der Waals surface area contributed by atoms with Gasteiger partial charge in [0.1, 0.15) is 16.5 Å². The number of aliphatic hydroxyl groups excluding tert-OH is 1. The van der Waals surface area contributed by atoms with Crippen molar-refractivity contribution in [3.63, 3.8) is 0 Å². The third-order valence-corrected chi connectivity index (χ3v) is 7.98. The molecule has 0 amide bonds. The number of esters is 1. The average Bonchev–Trinajstić information content (AvgIpc) is 3.22. The van der Waals surface area contributed by atoms with E-state index in [1.165, 1.54) is 17.6 Å². The number of ether oxygens (including phenoxy) is 1. The van der Waals surface area contributed by atoms with Crippen molar-refractivity contribution in [1.82, 2.24) is 15.0 Å². The van der Waals surface area contributed by atoms with Gasteiger partial charge >= 0.3 is 5.97 Å². The maximum Gasteiger partial charge on any atom is 0.350 e. The number of hydrogen-bond acceptors (Lipinski definition) is 12. The Morgan fingerprint density at radius 2 is 1.89 bits per heavy atom. The number of thiazole rings is 1. The fourth-order valence-electron chi connectivity index (χ4n) is 3.82. The summed E-state index contributed by atoms with van der Waals surface area (Å²) in [5.41, 5.74) is 1.45. The van der Waals surface area contributed by atoms with Crippen LogP contribution in [0.2, 0.25) is 0 Å². The Bertz CT molecular complexity index is 1350. The lowest BCUT2D eigenvalue weighted by Gasteiger charge is -2.30. The summed E-state index contributed by atoms with van der Waals surface area (Å²) >= 11 is 1.17. The summed E-state index contributed by atoms with van der Waals surface area (Å²) in [7, 11) is -3.26. The lowest BCUT2D eigenvalue weighted by atomic mass is 10.1. The Kier molecular flexibility index (Phi) is 8.25. The molecule has 3 heterocycles. The number of aromatic nitrogens is 3. The number of hydrogen-bond donors (Lipinski definition) is 3. The van der Waals surface area contributed by atoms with Gasteiger partial charge in [-0.1, -0.05) is 23.5 Å². The minimum atomic E-state index is -3.26. The van der Waals surface area contributed by atoms with E-state index in [0.29, 0.717) is 65.8 Å². The van der Waals surface area contributed by atoms with Crippen LogP contribution in [0.4, 0.5) is 22.7 Å². The summed E-state index contributed by atoms with van der Waals surface area (Å²) < 4.78 is 28.5. The molecular formula is C24H30N6O5S2. The van der Waals surface area contributed by atoms with E-state index in [2.05, 4.69) is 30.5 Å². The fraction of sp³-hybridized carbons (Fsp3) is 0.417. The molecule has 0 unspecified atom stereocenters. The Morgan fingerprint density at radius 3 is 2.54 bits per heavy atom. The maximum atomic E-state index is 12.2. The van der Waals surface area contributed by atoms with Crippen molar-refractivity contribution in [2.45, 2.75) is 44.2 Å². The summed E-state index contributed by atoms with van der Waals surface area (Å²) in [5, 5.41) is 16.8. The maximum absolute atomic E-state index is 12.2. The smallest absolute Gasteiger partial charge is 0.350 e. The second-order valence-electron chi connectivity index (χ2n) is 8.70. The predicted octanol–water partition coefficient (Wildman–Crippen LogP) is 3.14. The van der Waals surface area contributed by atoms with E-state index in [1.54, 1.807) is 38.1 Å². The van der Waals surface area contributed by atoms with Gasteiger partial charge in [-0.15, -0.1) is 0 Å². The average molecular weight is 547 g/mol. The van der Waals surface area contributed by atoms with Gasteiger partial charge in [-0.2, -0.15) is 9.97 Å². The molecule has 1 saturated heterocycles. The number of nitrogens with zero attached hydrogens (tertiary/aromatic N) is 4. The van der Waals surface area contributed by atoms with Crippen LogP contribution in [-0.2, 0) is 21.1 Å². The van der Waals surface area contributed by atoms with Gasteiger partial charge in [0.15, 0.2) is 15.0 Å². The monoisotopic (exact) mass is 546 g/mol. The number of sulfone groups is 1. The third-order valence-electron chi connectivity index (χ3n) is 5.80. The number of anilines is 4. The van der Waals surface area contributed by atoms with Crippen LogP contribution in [0.15, 0.2) is 35.2 Å². The van der Waals surface area contributed by atoms with E-state index in [4.69, 9.17) is 4.74 Å². The Balaban J connectivity index is 1.56. The first kappa shape index (κ1) is 26.8. The van der Waals surface area contributed by atoms with E-state index in [-0.39, 0.29) is 17.6 Å². The van der Waals surface area contributed by atoms with Gasteiger partial charge in [-0.3, -0.25) is 5.32 Å². The van der Waals surface area contributed by atoms with Crippen LogP contribution in [0.5, 0.6) is 0 Å². The molecule has 2 aromatic heterocycles. The van der Waals surface area contributed by atoms with E-state index in [1.807, 2.05) is 6.07 Å². The molecule has 0 saturated carbocycles. The van der Waals surface area contributed by atoms with E-state index < -0.39 is 15.8 Å². The predicted molar refractivity (Wildman–Crippen MR) is 142 cm³/mol. The Labute approximate surface area is 219 Å². The number of carbonyl (C=O) groups is 1. The minimum absolute atomic E-state index is 0.264. The van der Waals surface area contributed by atoms with Crippen LogP contribution < -0.4 is 15.5 Å². The topological polar surface area (TPSA) is 147 Å². The molecule has 4 rings (SSSR count). The van der Waals surface area contributed by atoms with Gasteiger partial charge in [0.2, 0.25) is 5.95 Å². The SMILES string of the molecule is CCOC(=O)c1sc(Nc2nc(NCc3ccc(S(C)(=O)=O)cc3)cc(N3CCC(O)CC3)n2)nc1C. The highest BCUT2D eigenvalue weighted by Gasteiger charge is 2.21. The van der Waals surface area contributed by atoms with Crippen molar-refractivity contribution in [2.75, 3.05) is 41.5 Å². The largest absolute Gasteiger partial charge is 0.462 e. The zero-order valence-electron chi connectivity index (χ0n) is 20.9. The van der Waals surface area contributed by atoms with E-state index in [9.17, 15) is 18.3 Å². The van der Waals surface area contributed by atoms with Gasteiger partial charge in [-0.25, -0.2) is 18.2 Å². The normalized spacial score (nSPS) is 14.4. The number of aliphatic hydroxyl groups is 1. The van der Waals surface area contributed by atoms with Gasteiger partial charge in [0, 0.05) is 32.0 Å². The fourth-order valence-corrected chi connectivity index (χ4v) is 5.30. The highest BCUT2D eigenvalue weighted by atomic mass is 32.2. The van der Waals surface area contributed by atoms with Crippen molar-refractivity contribution in [3.8, 4) is 0 Å². The van der Waals surface area contributed by atoms with Crippen LogP contribution >= 0.6 is 11.3 Å². The zero-order valence-corrected chi connectivity index (χ0v) is 22.5. The summed E-state index contributed by atoms with van der Waals surface area (Å²) in [5.74, 6) is 1.14. The number of rotatable bonds is 9. The molecule has 1 aromatic carbocycles. The number of benzene rings is 1. The standard InChI is InChI=1S/C24H30N6O5S2/c1-4-35-22(32)21-15(2)26-24(36-21)29-23-27-19(13-20(28-23)30-11-9-17(31)10-12-30)25-14-16-5-7-18(8-6-16)37(3,33)34/h5-8,13,17,31H,4,9-12,14H2,1-3H3,(H2,25,26,27,28,29). The molecule has 198 valence electrons. The molecule has 37 heavy (non-hydrogen) atoms. The number of nitrogens with one attached hydrogen (secondary N) is 2. The van der Waals surface area contributed by atoms with Crippen LogP contribution in [-0.4, -0.2) is 66.5 Å². The zero-order chi connectivity index (χ0) is 26.6. The molecule has 0 radical (unpaired) electrons. The second-order valence-corrected chi connectivity index (χ2v) is 11.7. The molecule has 0 bridgehead atoms. The number of aryl methyl sites for hydroxylation is 1. The van der Waals surface area contributed by atoms with Gasteiger partial charge in [0.25, 0.3) is 0 Å². The molecule has 13 heteroatoms. The summed E-state index contributed by atoms with van der Waals surface area (Å²) in [6.07, 6.45) is 2.16. The molecule has 3 aromatic rings. The third kappa shape index (κ3) is 6.93. The molecule has 1 aliphatic rings. The van der Waals surface area contributed by atoms with Crippen molar-refractivity contribution in [1.29, 1.82) is 0 Å². The molecule has 1 fully saturated rings. The van der Waals surface area contributed by atoms with Crippen molar-refractivity contribution in [2.24, 2.45) is 0 Å². The highest BCUT2D eigenvalue weighted by Crippen LogP contribution is 2.28. The van der Waals surface area contributed by atoms with Crippen molar-refractivity contribution >= 4 is 49.9 Å². The lowest BCUT2D eigenvalue weighted by Crippen LogP contribution is -2.36. The summed E-state index contributed by atoms with van der Waals surface area (Å²) in [4.78, 5) is 28.6. The lowest BCUT2D eigenvalue weighted by molar-refractivity contribution is 0.0531. The number of piperidine rings is 1. The van der Waals surface area contributed by atoms with Gasteiger partial charge in [-0.05, 0) is 44.4 Å². The first-order valence-electron chi connectivity index (χ1n) is 11.9. The molecule has 3 N–H and O–H groups in total. The van der Waals surface area contributed by atoms with Gasteiger partial charge < -0.3 is 20.1 Å². The highest BCUT2D eigenvalue weighted by molar-refractivity contribution is 7.90. The van der Waals surface area contributed by atoms with Crippen LogP contribution in [0, 0.1) is 6.92 Å². The first-order valence-corrected chi connectivity index (χ1v) is 14.6. The second kappa shape index (κ2) is 11.4. The molecule has 1 aliphatic heterocycles. The van der Waals surface area contributed by atoms with E-state index in [0.717, 1.165) is 5.56 Å². The van der Waals surface area contributed by atoms with Gasteiger partial charge in [0.05, 0.1) is 23.3 Å². The summed E-state index contributed by atoms with van der Waals surface area (Å²) in [6.45, 7) is 5.51. The van der Waals surface area contributed by atoms with Crippen LogP contribution in [0.25, 0.3) is 0 Å². The number of carbonyl (C=O) groups excluding carboxylic acids is 1. The molecule has 0 atom stereocenters. The van der Waals surface area contributed by atoms with Crippen LogP contribution in [0.1, 0.15) is 40.7 Å². The quantitative estimate of drug-likeness (QED) is 0.340. The molecule has 11 nitrogen and oxygen atoms in total. The van der Waals surface area contributed by atoms with Crippen molar-refractivity contribution in [3.05, 3.63) is 46.5 Å². The van der Waals surface area contributed by atoms with E-state index >= 15 is 0 Å². The molecular weight excluding hydrogens is 516 g/mol. The molecule has 0 aliphatic carbocycles. The summed E-state index contributed by atoms with van der Waals surface area (Å²) in [6, 6.07) is 8.51. The molecule has 0 spiro atoms. The minimum Gasteiger partial charge on any atom is -0.462 e.